The van der Waals surface area contributed by atoms with Gasteiger partial charge in [-0.2, -0.15) is 4.31 Å². The van der Waals surface area contributed by atoms with Gasteiger partial charge in [0.1, 0.15) is 0 Å². The van der Waals surface area contributed by atoms with Gasteiger partial charge in [0.2, 0.25) is 10.0 Å². The molecule has 0 aromatic heterocycles. The smallest absolute Gasteiger partial charge is 0.338 e. The van der Waals surface area contributed by atoms with Crippen LogP contribution in [0.3, 0.4) is 0 Å². The van der Waals surface area contributed by atoms with E-state index in [4.69, 9.17) is 4.74 Å². The van der Waals surface area contributed by atoms with Crippen molar-refractivity contribution >= 4 is 21.9 Å². The summed E-state index contributed by atoms with van der Waals surface area (Å²) in [5, 5.41) is 2.92. The molecule has 1 fully saturated rings. The molecule has 0 radical (unpaired) electrons. The number of esters is 1. The van der Waals surface area contributed by atoms with Crippen LogP contribution in [0.4, 0.5) is 0 Å². The lowest BCUT2D eigenvalue weighted by Crippen LogP contribution is -2.42. The van der Waals surface area contributed by atoms with Crippen molar-refractivity contribution in [1.82, 2.24) is 9.62 Å². The van der Waals surface area contributed by atoms with E-state index in [-0.39, 0.29) is 35.1 Å². The summed E-state index contributed by atoms with van der Waals surface area (Å²) in [7, 11) is -2.22. The first-order chi connectivity index (χ1) is 13.1. The average molecular weight is 411 g/mol. The van der Waals surface area contributed by atoms with Crippen LogP contribution >= 0.6 is 0 Å². The fourth-order valence-electron chi connectivity index (χ4n) is 3.22. The number of benzene rings is 1. The second-order valence-electron chi connectivity index (χ2n) is 7.65. The molecule has 0 unspecified atom stereocenters. The van der Waals surface area contributed by atoms with E-state index >= 15 is 0 Å². The fraction of sp³-hybridized carbons (Fsp3) is 0.600. The van der Waals surface area contributed by atoms with Crippen molar-refractivity contribution in [3.8, 4) is 0 Å². The van der Waals surface area contributed by atoms with Crippen LogP contribution in [0.15, 0.2) is 29.2 Å². The minimum absolute atomic E-state index is 0.0126. The Morgan fingerprint density at radius 2 is 1.93 bits per heavy atom. The minimum Gasteiger partial charge on any atom is -0.452 e. The summed E-state index contributed by atoms with van der Waals surface area (Å²) in [5.41, 5.74) is 0.0945. The minimum atomic E-state index is -3.70. The molecule has 1 N–H and O–H groups in total. The van der Waals surface area contributed by atoms with Gasteiger partial charge in [-0.15, -0.1) is 0 Å². The maximum atomic E-state index is 12.6. The summed E-state index contributed by atoms with van der Waals surface area (Å²) in [4.78, 5) is 24.4. The van der Waals surface area contributed by atoms with Gasteiger partial charge >= 0.3 is 5.97 Å². The van der Waals surface area contributed by atoms with E-state index in [1.165, 1.54) is 42.0 Å². The van der Waals surface area contributed by atoms with E-state index in [1.807, 2.05) is 0 Å². The molecule has 1 saturated carbocycles. The van der Waals surface area contributed by atoms with Crippen LogP contribution < -0.4 is 5.32 Å². The van der Waals surface area contributed by atoms with Crippen molar-refractivity contribution in [3.05, 3.63) is 29.8 Å². The summed E-state index contributed by atoms with van der Waals surface area (Å²) in [5.74, 6) is -0.653. The molecule has 2 rings (SSSR count). The normalized spacial score (nSPS) is 20.2. The molecule has 0 saturated heterocycles. The second-order valence-corrected chi connectivity index (χ2v) is 9.65. The number of sulfonamides is 1. The van der Waals surface area contributed by atoms with Crippen LogP contribution in [0.1, 0.15) is 56.8 Å². The van der Waals surface area contributed by atoms with Gasteiger partial charge in [0.25, 0.3) is 5.91 Å². The van der Waals surface area contributed by atoms with Crippen molar-refractivity contribution in [2.24, 2.45) is 5.92 Å². The third-order valence-corrected chi connectivity index (χ3v) is 7.30. The maximum absolute atomic E-state index is 12.6. The lowest BCUT2D eigenvalue weighted by atomic mass is 9.86. The van der Waals surface area contributed by atoms with Crippen LogP contribution in [0.5, 0.6) is 0 Å². The van der Waals surface area contributed by atoms with E-state index < -0.39 is 16.0 Å². The zero-order valence-corrected chi connectivity index (χ0v) is 17.8. The standard InChI is InChI=1S/C20H30N2O5S/c1-14(2)22(4)28(25,26)17-10-7-9-16(12-17)20(24)27-13-19(23)21-18-11-6-5-8-15(18)3/h7,9-10,12,14-15,18H,5-6,8,11,13H2,1-4H3,(H,21,23)/t15-,18-/m0/s1. The maximum Gasteiger partial charge on any atom is 0.338 e. The van der Waals surface area contributed by atoms with Crippen LogP contribution in [-0.4, -0.2) is 50.3 Å². The molecular weight excluding hydrogens is 380 g/mol. The van der Waals surface area contributed by atoms with Gasteiger partial charge in [-0.3, -0.25) is 4.79 Å². The molecule has 1 aromatic carbocycles. The predicted octanol–water partition coefficient (Wildman–Crippen LogP) is 2.57. The zero-order valence-electron chi connectivity index (χ0n) is 17.0. The Morgan fingerprint density at radius 1 is 1.25 bits per heavy atom. The molecule has 0 aliphatic heterocycles. The summed E-state index contributed by atoms with van der Waals surface area (Å²) < 4.78 is 31.5. The molecule has 0 bridgehead atoms. The van der Waals surface area contributed by atoms with E-state index in [9.17, 15) is 18.0 Å². The molecule has 0 heterocycles. The van der Waals surface area contributed by atoms with Gasteiger partial charge < -0.3 is 10.1 Å². The molecule has 1 aliphatic carbocycles. The highest BCUT2D eigenvalue weighted by Gasteiger charge is 2.25. The van der Waals surface area contributed by atoms with Crippen molar-refractivity contribution in [3.63, 3.8) is 0 Å². The van der Waals surface area contributed by atoms with Crippen LogP contribution in [0.25, 0.3) is 0 Å². The Labute approximate surface area is 167 Å². The Balaban J connectivity index is 1.98. The number of hydrogen-bond acceptors (Lipinski definition) is 5. The number of nitrogens with one attached hydrogen (secondary N) is 1. The lowest BCUT2D eigenvalue weighted by molar-refractivity contribution is -0.125. The fourth-order valence-corrected chi connectivity index (χ4v) is 4.63. The number of ether oxygens (including phenoxy) is 1. The average Bonchev–Trinajstić information content (AvgIpc) is 2.67. The molecular formula is C20H30N2O5S. The molecule has 1 aromatic rings. The Hall–Kier alpha value is -1.93. The molecule has 7 nitrogen and oxygen atoms in total. The quantitative estimate of drug-likeness (QED) is 0.698. The van der Waals surface area contributed by atoms with E-state index in [1.54, 1.807) is 13.8 Å². The number of hydrogen-bond donors (Lipinski definition) is 1. The largest absolute Gasteiger partial charge is 0.452 e. The van der Waals surface area contributed by atoms with Gasteiger partial charge in [0, 0.05) is 19.1 Å². The number of amides is 1. The van der Waals surface area contributed by atoms with Gasteiger partial charge in [0.15, 0.2) is 6.61 Å². The molecule has 28 heavy (non-hydrogen) atoms. The summed E-state index contributed by atoms with van der Waals surface area (Å²) >= 11 is 0. The molecule has 8 heteroatoms. The third-order valence-electron chi connectivity index (χ3n) is 5.27. The van der Waals surface area contributed by atoms with Crippen LogP contribution in [-0.2, 0) is 19.6 Å². The van der Waals surface area contributed by atoms with Crippen LogP contribution in [0.2, 0.25) is 0 Å². The topological polar surface area (TPSA) is 92.8 Å². The third kappa shape index (κ3) is 5.54. The molecule has 156 valence electrons. The number of carbonyl (C=O) groups excluding carboxylic acids is 2. The first-order valence-corrected chi connectivity index (χ1v) is 11.1. The Morgan fingerprint density at radius 3 is 2.57 bits per heavy atom. The molecule has 1 aliphatic rings. The SMILES string of the molecule is CC(C)N(C)S(=O)(=O)c1cccc(C(=O)OCC(=O)N[C@H]2CCCC[C@@H]2C)c1. The highest BCUT2D eigenvalue weighted by Crippen LogP contribution is 2.23. The van der Waals surface area contributed by atoms with Gasteiger partial charge in [-0.1, -0.05) is 25.8 Å². The lowest BCUT2D eigenvalue weighted by Gasteiger charge is -2.29. The summed E-state index contributed by atoms with van der Waals surface area (Å²) in [6, 6.07) is 5.56. The van der Waals surface area contributed by atoms with E-state index in [2.05, 4.69) is 12.2 Å². The van der Waals surface area contributed by atoms with Gasteiger partial charge in [-0.25, -0.2) is 13.2 Å². The summed E-state index contributed by atoms with van der Waals surface area (Å²) in [6.45, 7) is 5.25. The number of carbonyl (C=O) groups is 2. The van der Waals surface area contributed by atoms with Crippen molar-refractivity contribution in [2.45, 2.75) is 63.4 Å². The molecule has 2 atom stereocenters. The monoisotopic (exact) mass is 410 g/mol. The van der Waals surface area contributed by atoms with Gasteiger partial charge in [-0.05, 0) is 50.8 Å². The summed E-state index contributed by atoms with van der Waals surface area (Å²) in [6.07, 6.45) is 4.27. The highest BCUT2D eigenvalue weighted by molar-refractivity contribution is 7.89. The van der Waals surface area contributed by atoms with Crippen LogP contribution in [0, 0.1) is 5.92 Å². The van der Waals surface area contributed by atoms with Crippen molar-refractivity contribution < 1.29 is 22.7 Å². The van der Waals surface area contributed by atoms with Gasteiger partial charge in [0.05, 0.1) is 10.5 Å². The first-order valence-electron chi connectivity index (χ1n) is 9.67. The Bertz CT molecular complexity index is 807. The second kappa shape index (κ2) is 9.52. The number of nitrogens with zero attached hydrogens (tertiary/aromatic N) is 1. The van der Waals surface area contributed by atoms with Crippen molar-refractivity contribution in [2.75, 3.05) is 13.7 Å². The number of rotatable bonds is 7. The van der Waals surface area contributed by atoms with E-state index in [0.29, 0.717) is 5.92 Å². The zero-order chi connectivity index (χ0) is 20.9. The first kappa shape index (κ1) is 22.4. The highest BCUT2D eigenvalue weighted by atomic mass is 32.2. The molecule has 1 amide bonds. The molecule has 0 spiro atoms. The van der Waals surface area contributed by atoms with Crippen molar-refractivity contribution in [1.29, 1.82) is 0 Å². The predicted molar refractivity (Wildman–Crippen MR) is 106 cm³/mol. The Kier molecular flexibility index (Phi) is 7.60. The van der Waals surface area contributed by atoms with E-state index in [0.717, 1.165) is 19.3 Å².